The smallest absolute Gasteiger partial charge is 0.251 e. The minimum absolute atomic E-state index is 0. The lowest BCUT2D eigenvalue weighted by Crippen LogP contribution is -2.25. The van der Waals surface area contributed by atoms with Crippen molar-refractivity contribution in [2.24, 2.45) is 5.73 Å². The van der Waals surface area contributed by atoms with Gasteiger partial charge in [-0.3, -0.25) is 4.79 Å². The van der Waals surface area contributed by atoms with Crippen molar-refractivity contribution in [2.75, 3.05) is 20.2 Å². The van der Waals surface area contributed by atoms with E-state index in [1.165, 1.54) is 19.2 Å². The van der Waals surface area contributed by atoms with Crippen molar-refractivity contribution in [3.63, 3.8) is 0 Å². The number of methoxy groups -OCH3 is 1. The first-order valence-corrected chi connectivity index (χ1v) is 5.51. The zero-order valence-corrected chi connectivity index (χ0v) is 11.1. The minimum Gasteiger partial charge on any atom is -0.494 e. The Labute approximate surface area is 112 Å². The lowest BCUT2D eigenvalue weighted by Gasteiger charge is -2.06. The third-order valence-corrected chi connectivity index (χ3v) is 2.33. The van der Waals surface area contributed by atoms with Crippen LogP contribution < -0.4 is 15.8 Å². The molecule has 0 aliphatic rings. The van der Waals surface area contributed by atoms with Gasteiger partial charge in [0.25, 0.3) is 5.91 Å². The van der Waals surface area contributed by atoms with Crippen molar-refractivity contribution in [3.05, 3.63) is 29.6 Å². The summed E-state index contributed by atoms with van der Waals surface area (Å²) in [7, 11) is 1.38. The van der Waals surface area contributed by atoms with Gasteiger partial charge >= 0.3 is 0 Å². The predicted octanol–water partition coefficient (Wildman–Crippen LogP) is 1.72. The van der Waals surface area contributed by atoms with Gasteiger partial charge in [-0.2, -0.15) is 0 Å². The molecule has 0 spiro atoms. The molecule has 18 heavy (non-hydrogen) atoms. The van der Waals surface area contributed by atoms with E-state index in [2.05, 4.69) is 5.32 Å². The molecular weight excluding hydrogens is 259 g/mol. The van der Waals surface area contributed by atoms with Crippen LogP contribution >= 0.6 is 12.4 Å². The van der Waals surface area contributed by atoms with Gasteiger partial charge in [0.2, 0.25) is 0 Å². The van der Waals surface area contributed by atoms with Gasteiger partial charge in [0.05, 0.1) is 7.11 Å². The Kier molecular flexibility index (Phi) is 8.07. The van der Waals surface area contributed by atoms with Crippen LogP contribution in [-0.4, -0.2) is 26.1 Å². The van der Waals surface area contributed by atoms with Gasteiger partial charge in [0, 0.05) is 12.1 Å². The molecule has 0 aliphatic heterocycles. The van der Waals surface area contributed by atoms with Gasteiger partial charge in [0.1, 0.15) is 0 Å². The van der Waals surface area contributed by atoms with E-state index < -0.39 is 5.82 Å². The predicted molar refractivity (Wildman–Crippen MR) is 70.8 cm³/mol. The van der Waals surface area contributed by atoms with E-state index >= 15 is 0 Å². The van der Waals surface area contributed by atoms with Crippen molar-refractivity contribution in [1.82, 2.24) is 5.32 Å². The fourth-order valence-corrected chi connectivity index (χ4v) is 1.38. The lowest BCUT2D eigenvalue weighted by atomic mass is 10.2. The maximum atomic E-state index is 13.3. The number of nitrogens with two attached hydrogens (primary N) is 1. The topological polar surface area (TPSA) is 64.3 Å². The van der Waals surface area contributed by atoms with Crippen molar-refractivity contribution >= 4 is 18.3 Å². The summed E-state index contributed by atoms with van der Waals surface area (Å²) in [5, 5.41) is 2.70. The second-order valence-corrected chi connectivity index (χ2v) is 3.60. The molecule has 6 heteroatoms. The van der Waals surface area contributed by atoms with E-state index in [1.807, 2.05) is 0 Å². The largest absolute Gasteiger partial charge is 0.494 e. The molecule has 0 bridgehead atoms. The summed E-state index contributed by atoms with van der Waals surface area (Å²) >= 11 is 0. The zero-order chi connectivity index (χ0) is 12.7. The number of amides is 1. The van der Waals surface area contributed by atoms with Crippen LogP contribution in [-0.2, 0) is 0 Å². The van der Waals surface area contributed by atoms with E-state index in [1.54, 1.807) is 0 Å². The number of rotatable bonds is 6. The maximum absolute atomic E-state index is 13.3. The number of hydrogen-bond donors (Lipinski definition) is 2. The average Bonchev–Trinajstić information content (AvgIpc) is 2.34. The Morgan fingerprint density at radius 1 is 1.44 bits per heavy atom. The summed E-state index contributed by atoms with van der Waals surface area (Å²) in [6, 6.07) is 4.13. The molecule has 0 fully saturated rings. The molecular formula is C12H18ClFN2O2. The first-order chi connectivity index (χ1) is 8.19. The first-order valence-electron chi connectivity index (χ1n) is 5.51. The summed E-state index contributed by atoms with van der Waals surface area (Å²) in [5.41, 5.74) is 5.62. The first kappa shape index (κ1) is 16.7. The third kappa shape index (κ3) is 4.89. The lowest BCUT2D eigenvalue weighted by molar-refractivity contribution is 0.0952. The average molecular weight is 277 g/mol. The van der Waals surface area contributed by atoms with Crippen molar-refractivity contribution in [3.8, 4) is 5.75 Å². The van der Waals surface area contributed by atoms with Crippen LogP contribution in [0.5, 0.6) is 5.75 Å². The number of hydrogen-bond acceptors (Lipinski definition) is 3. The molecule has 3 N–H and O–H groups in total. The Bertz CT molecular complexity index is 388. The zero-order valence-electron chi connectivity index (χ0n) is 10.2. The molecule has 1 aromatic rings. The van der Waals surface area contributed by atoms with Crippen LogP contribution in [0.1, 0.15) is 23.2 Å². The van der Waals surface area contributed by atoms with Crippen LogP contribution in [0.4, 0.5) is 4.39 Å². The maximum Gasteiger partial charge on any atom is 0.251 e. The van der Waals surface area contributed by atoms with Crippen LogP contribution in [0.25, 0.3) is 0 Å². The molecule has 0 heterocycles. The summed E-state index contributed by atoms with van der Waals surface area (Å²) in [4.78, 5) is 11.6. The molecule has 102 valence electrons. The molecule has 0 atom stereocenters. The monoisotopic (exact) mass is 276 g/mol. The molecule has 0 saturated heterocycles. The molecule has 4 nitrogen and oxygen atoms in total. The number of halogens is 2. The van der Waals surface area contributed by atoms with E-state index in [0.717, 1.165) is 18.9 Å². The van der Waals surface area contributed by atoms with Crippen LogP contribution in [0.2, 0.25) is 0 Å². The number of carbonyl (C=O) groups is 1. The molecule has 0 saturated carbocycles. The van der Waals surface area contributed by atoms with Crippen molar-refractivity contribution in [2.45, 2.75) is 12.8 Å². The molecule has 0 aliphatic carbocycles. The normalized spacial score (nSPS) is 9.50. The van der Waals surface area contributed by atoms with Gasteiger partial charge < -0.3 is 15.8 Å². The number of carbonyl (C=O) groups excluding carboxylic acids is 1. The van der Waals surface area contributed by atoms with Crippen molar-refractivity contribution in [1.29, 1.82) is 0 Å². The Balaban J connectivity index is 0.00000289. The number of ether oxygens (including phenoxy) is 1. The Morgan fingerprint density at radius 3 is 2.72 bits per heavy atom. The van der Waals surface area contributed by atoms with E-state index in [0.29, 0.717) is 13.1 Å². The van der Waals surface area contributed by atoms with E-state index in [-0.39, 0.29) is 29.6 Å². The fraction of sp³-hybridized carbons (Fsp3) is 0.417. The summed E-state index contributed by atoms with van der Waals surface area (Å²) in [6.45, 7) is 1.15. The van der Waals surface area contributed by atoms with Crippen molar-refractivity contribution < 1.29 is 13.9 Å². The summed E-state index contributed by atoms with van der Waals surface area (Å²) in [5.74, 6) is -0.699. The molecule has 0 radical (unpaired) electrons. The SMILES string of the molecule is COc1ccc(C(=O)NCCCCN)cc1F.Cl. The summed E-state index contributed by atoms with van der Waals surface area (Å²) in [6.07, 6.45) is 1.68. The third-order valence-electron chi connectivity index (χ3n) is 2.33. The Morgan fingerprint density at radius 2 is 2.17 bits per heavy atom. The molecule has 0 unspecified atom stereocenters. The second-order valence-electron chi connectivity index (χ2n) is 3.60. The number of unbranched alkanes of at least 4 members (excludes halogenated alkanes) is 1. The van der Waals surface area contributed by atoms with Crippen LogP contribution in [0, 0.1) is 5.82 Å². The number of nitrogens with one attached hydrogen (secondary N) is 1. The van der Waals surface area contributed by atoms with Crippen LogP contribution in [0.15, 0.2) is 18.2 Å². The van der Waals surface area contributed by atoms with E-state index in [9.17, 15) is 9.18 Å². The van der Waals surface area contributed by atoms with Gasteiger partial charge in [-0.25, -0.2) is 4.39 Å². The number of benzene rings is 1. The molecule has 0 aromatic heterocycles. The highest BCUT2D eigenvalue weighted by Gasteiger charge is 2.09. The quantitative estimate of drug-likeness (QED) is 0.778. The second kappa shape index (κ2) is 8.72. The molecule has 1 amide bonds. The summed E-state index contributed by atoms with van der Waals surface area (Å²) < 4.78 is 18.1. The molecule has 1 aromatic carbocycles. The molecule has 1 rings (SSSR count). The standard InChI is InChI=1S/C12H17FN2O2.ClH/c1-17-11-5-4-9(8-10(11)13)12(16)15-7-3-2-6-14;/h4-5,8H,2-3,6-7,14H2,1H3,(H,15,16);1H. The highest BCUT2D eigenvalue weighted by atomic mass is 35.5. The van der Waals surface area contributed by atoms with Crippen LogP contribution in [0.3, 0.4) is 0 Å². The fourth-order valence-electron chi connectivity index (χ4n) is 1.38. The van der Waals surface area contributed by atoms with E-state index in [4.69, 9.17) is 10.5 Å². The minimum atomic E-state index is -0.540. The van der Waals surface area contributed by atoms with Gasteiger partial charge in [-0.05, 0) is 37.6 Å². The highest BCUT2D eigenvalue weighted by Crippen LogP contribution is 2.17. The highest BCUT2D eigenvalue weighted by molar-refractivity contribution is 5.94. The van der Waals surface area contributed by atoms with Gasteiger partial charge in [-0.15, -0.1) is 12.4 Å². The van der Waals surface area contributed by atoms with Gasteiger partial charge in [-0.1, -0.05) is 0 Å². The Hall–Kier alpha value is -1.33. The van der Waals surface area contributed by atoms with Gasteiger partial charge in [0.15, 0.2) is 11.6 Å².